The van der Waals surface area contributed by atoms with Crippen LogP contribution < -0.4 is 5.32 Å². The van der Waals surface area contributed by atoms with Crippen molar-refractivity contribution in [2.45, 2.75) is 19.8 Å². The van der Waals surface area contributed by atoms with Crippen LogP contribution in [0.2, 0.25) is 0 Å². The molecular formula is C17H24N2O3. The second kappa shape index (κ2) is 8.54. The number of Topliss-reactive ketones (excluding diaryl/α,β-unsaturated/α-hetero) is 1. The van der Waals surface area contributed by atoms with Gasteiger partial charge in [0.05, 0.1) is 6.61 Å². The minimum Gasteiger partial charge on any atom is -0.380 e. The molecule has 0 bridgehead atoms. The highest BCUT2D eigenvalue weighted by atomic mass is 16.5. The van der Waals surface area contributed by atoms with Crippen LogP contribution in [0.1, 0.15) is 30.1 Å². The van der Waals surface area contributed by atoms with Crippen LogP contribution in [0.15, 0.2) is 30.3 Å². The van der Waals surface area contributed by atoms with E-state index >= 15 is 0 Å². The highest BCUT2D eigenvalue weighted by Gasteiger charge is 2.27. The lowest BCUT2D eigenvalue weighted by Crippen LogP contribution is -2.46. The quantitative estimate of drug-likeness (QED) is 0.648. The van der Waals surface area contributed by atoms with E-state index in [0.29, 0.717) is 32.8 Å². The van der Waals surface area contributed by atoms with Crippen molar-refractivity contribution < 1.29 is 14.3 Å². The van der Waals surface area contributed by atoms with E-state index in [2.05, 4.69) is 5.32 Å². The third-order valence-electron chi connectivity index (χ3n) is 3.94. The third-order valence-corrected chi connectivity index (χ3v) is 3.94. The van der Waals surface area contributed by atoms with Crippen molar-refractivity contribution in [3.63, 3.8) is 0 Å². The van der Waals surface area contributed by atoms with E-state index in [1.807, 2.05) is 37.3 Å². The summed E-state index contributed by atoms with van der Waals surface area (Å²) < 4.78 is 5.19. The van der Waals surface area contributed by atoms with Crippen LogP contribution in [0.5, 0.6) is 0 Å². The number of ketones is 1. The fraction of sp³-hybridized carbons (Fsp3) is 0.529. The molecule has 5 heteroatoms. The van der Waals surface area contributed by atoms with Gasteiger partial charge in [0.2, 0.25) is 0 Å². The molecule has 0 aliphatic carbocycles. The Labute approximate surface area is 131 Å². The molecule has 0 saturated carbocycles. The zero-order valence-corrected chi connectivity index (χ0v) is 13.1. The standard InChI is InChI=1S/C17H24N2O3/c1-2-22-13-10-18-17(21)19-11-8-15(9-12-19)16(20)14-6-4-3-5-7-14/h3-7,15H,2,8-13H2,1H3,(H,18,21). The van der Waals surface area contributed by atoms with Crippen molar-refractivity contribution in [3.05, 3.63) is 35.9 Å². The third kappa shape index (κ3) is 4.56. The zero-order valence-electron chi connectivity index (χ0n) is 13.1. The molecule has 0 spiro atoms. The molecule has 0 radical (unpaired) electrons. The molecule has 1 N–H and O–H groups in total. The first kappa shape index (κ1) is 16.5. The number of likely N-dealkylation sites (tertiary alicyclic amines) is 1. The van der Waals surface area contributed by atoms with E-state index in [1.165, 1.54) is 0 Å². The largest absolute Gasteiger partial charge is 0.380 e. The summed E-state index contributed by atoms with van der Waals surface area (Å²) in [7, 11) is 0. The van der Waals surface area contributed by atoms with Gasteiger partial charge in [-0.2, -0.15) is 0 Å². The van der Waals surface area contributed by atoms with Gasteiger partial charge >= 0.3 is 6.03 Å². The first-order valence-electron chi connectivity index (χ1n) is 7.92. The van der Waals surface area contributed by atoms with Crippen LogP contribution in [-0.2, 0) is 4.74 Å². The molecule has 1 aliphatic rings. The molecule has 120 valence electrons. The van der Waals surface area contributed by atoms with E-state index < -0.39 is 0 Å². The van der Waals surface area contributed by atoms with Gasteiger partial charge in [-0.1, -0.05) is 30.3 Å². The summed E-state index contributed by atoms with van der Waals surface area (Å²) in [6, 6.07) is 9.32. The number of rotatable bonds is 6. The Morgan fingerprint density at radius 1 is 1.23 bits per heavy atom. The minimum atomic E-state index is -0.0645. The Balaban J connectivity index is 1.75. The number of amides is 2. The molecule has 1 aliphatic heterocycles. The molecule has 0 atom stereocenters. The van der Waals surface area contributed by atoms with E-state index in [0.717, 1.165) is 18.4 Å². The normalized spacial score (nSPS) is 15.6. The number of benzene rings is 1. The van der Waals surface area contributed by atoms with Gasteiger partial charge in [0.25, 0.3) is 0 Å². The lowest BCUT2D eigenvalue weighted by molar-refractivity contribution is 0.0853. The lowest BCUT2D eigenvalue weighted by atomic mass is 9.89. The number of nitrogens with one attached hydrogen (secondary N) is 1. The van der Waals surface area contributed by atoms with Gasteiger partial charge in [-0.15, -0.1) is 0 Å². The van der Waals surface area contributed by atoms with Crippen LogP contribution in [0.3, 0.4) is 0 Å². The van der Waals surface area contributed by atoms with Crippen molar-refractivity contribution in [2.24, 2.45) is 5.92 Å². The predicted octanol–water partition coefficient (Wildman–Crippen LogP) is 2.33. The van der Waals surface area contributed by atoms with Crippen molar-refractivity contribution >= 4 is 11.8 Å². The summed E-state index contributed by atoms with van der Waals surface area (Å²) in [6.07, 6.45) is 1.46. The molecule has 22 heavy (non-hydrogen) atoms. The molecule has 5 nitrogen and oxygen atoms in total. The molecule has 2 rings (SSSR count). The number of piperidine rings is 1. The number of carbonyl (C=O) groups is 2. The van der Waals surface area contributed by atoms with Gasteiger partial charge in [-0.05, 0) is 19.8 Å². The van der Waals surface area contributed by atoms with Gasteiger partial charge in [-0.25, -0.2) is 4.79 Å². The molecule has 2 amide bonds. The summed E-state index contributed by atoms with van der Waals surface area (Å²) in [4.78, 5) is 26.1. The monoisotopic (exact) mass is 304 g/mol. The highest BCUT2D eigenvalue weighted by molar-refractivity contribution is 5.97. The summed E-state index contributed by atoms with van der Waals surface area (Å²) in [5, 5.41) is 2.84. The number of hydrogen-bond donors (Lipinski definition) is 1. The van der Waals surface area contributed by atoms with Gasteiger partial charge in [0.15, 0.2) is 5.78 Å². The molecule has 1 saturated heterocycles. The lowest BCUT2D eigenvalue weighted by Gasteiger charge is -2.31. The summed E-state index contributed by atoms with van der Waals surface area (Å²) >= 11 is 0. The molecule has 1 heterocycles. The molecule has 1 fully saturated rings. The minimum absolute atomic E-state index is 0.0230. The zero-order chi connectivity index (χ0) is 15.8. The Kier molecular flexibility index (Phi) is 6.40. The fourth-order valence-corrected chi connectivity index (χ4v) is 2.67. The maximum Gasteiger partial charge on any atom is 0.317 e. The maximum absolute atomic E-state index is 12.4. The van der Waals surface area contributed by atoms with E-state index in [9.17, 15) is 9.59 Å². The van der Waals surface area contributed by atoms with Crippen molar-refractivity contribution in [2.75, 3.05) is 32.8 Å². The second-order valence-corrected chi connectivity index (χ2v) is 5.42. The van der Waals surface area contributed by atoms with Crippen LogP contribution in [0.4, 0.5) is 4.79 Å². The molecule has 0 aromatic heterocycles. The first-order valence-corrected chi connectivity index (χ1v) is 7.92. The number of urea groups is 1. The van der Waals surface area contributed by atoms with Crippen LogP contribution in [0.25, 0.3) is 0 Å². The van der Waals surface area contributed by atoms with Crippen LogP contribution in [0, 0.1) is 5.92 Å². The molecule has 0 unspecified atom stereocenters. The Morgan fingerprint density at radius 3 is 2.55 bits per heavy atom. The van der Waals surface area contributed by atoms with Crippen molar-refractivity contribution in [1.29, 1.82) is 0 Å². The number of ether oxygens (including phenoxy) is 1. The average molecular weight is 304 g/mol. The highest BCUT2D eigenvalue weighted by Crippen LogP contribution is 2.21. The first-order chi connectivity index (χ1) is 10.7. The number of nitrogens with zero attached hydrogens (tertiary/aromatic N) is 1. The predicted molar refractivity (Wildman–Crippen MR) is 85.0 cm³/mol. The fourth-order valence-electron chi connectivity index (χ4n) is 2.67. The van der Waals surface area contributed by atoms with Gasteiger partial charge in [0.1, 0.15) is 0 Å². The Bertz CT molecular complexity index is 482. The summed E-state index contributed by atoms with van der Waals surface area (Å²) in [6.45, 7) is 4.90. The van der Waals surface area contributed by atoms with Gasteiger partial charge < -0.3 is 15.0 Å². The van der Waals surface area contributed by atoms with E-state index in [1.54, 1.807) is 4.90 Å². The van der Waals surface area contributed by atoms with Crippen molar-refractivity contribution in [3.8, 4) is 0 Å². The maximum atomic E-state index is 12.4. The number of hydrogen-bond acceptors (Lipinski definition) is 3. The molecule has 1 aromatic carbocycles. The summed E-state index contributed by atoms with van der Waals surface area (Å²) in [5.41, 5.74) is 0.766. The second-order valence-electron chi connectivity index (χ2n) is 5.42. The Morgan fingerprint density at radius 2 is 1.91 bits per heavy atom. The smallest absolute Gasteiger partial charge is 0.317 e. The van der Waals surface area contributed by atoms with Gasteiger partial charge in [-0.3, -0.25) is 4.79 Å². The van der Waals surface area contributed by atoms with Crippen LogP contribution >= 0.6 is 0 Å². The SMILES string of the molecule is CCOCCNC(=O)N1CCC(C(=O)c2ccccc2)CC1. The summed E-state index contributed by atoms with van der Waals surface area (Å²) in [5.74, 6) is 0.215. The molecule has 1 aromatic rings. The number of carbonyl (C=O) groups excluding carboxylic acids is 2. The topological polar surface area (TPSA) is 58.6 Å². The molecular weight excluding hydrogens is 280 g/mol. The van der Waals surface area contributed by atoms with Gasteiger partial charge in [0, 0.05) is 37.7 Å². The van der Waals surface area contributed by atoms with Crippen LogP contribution in [-0.4, -0.2) is 49.6 Å². The Hall–Kier alpha value is -1.88. The van der Waals surface area contributed by atoms with E-state index in [-0.39, 0.29) is 17.7 Å². The van der Waals surface area contributed by atoms with E-state index in [4.69, 9.17) is 4.74 Å². The van der Waals surface area contributed by atoms with Crippen molar-refractivity contribution in [1.82, 2.24) is 10.2 Å². The average Bonchev–Trinajstić information content (AvgIpc) is 2.59.